The number of hydrogen-bond donors (Lipinski definition) is 0. The van der Waals surface area contributed by atoms with Crippen LogP contribution in [0, 0.1) is 12.3 Å². The zero-order valence-corrected chi connectivity index (χ0v) is 17.2. The van der Waals surface area contributed by atoms with Crippen LogP contribution in [-0.2, 0) is 17.9 Å². The highest BCUT2D eigenvalue weighted by atomic mass is 16.2. The fourth-order valence-electron chi connectivity index (χ4n) is 4.59. The predicted octanol–water partition coefficient (Wildman–Crippen LogP) is 2.05. The first kappa shape index (κ1) is 19.5. The van der Waals surface area contributed by atoms with E-state index in [2.05, 4.69) is 15.1 Å². The summed E-state index contributed by atoms with van der Waals surface area (Å²) in [5, 5.41) is 4.23. The highest BCUT2D eigenvalue weighted by Gasteiger charge is 2.43. The molecular weight excluding hydrogens is 368 g/mol. The Balaban J connectivity index is 1.48. The third kappa shape index (κ3) is 4.02. The molecule has 2 fully saturated rings. The van der Waals surface area contributed by atoms with Gasteiger partial charge in [0.15, 0.2) is 0 Å². The third-order valence-electron chi connectivity index (χ3n) is 6.12. The molecule has 2 aromatic heterocycles. The first-order valence-corrected chi connectivity index (χ1v) is 10.4. The Bertz CT molecular complexity index is 893. The number of hydrogen-bond acceptors (Lipinski definition) is 5. The van der Waals surface area contributed by atoms with Crippen molar-refractivity contribution >= 4 is 11.8 Å². The standard InChI is InChI=1S/C21H28N6O2/c1-3-27-18(6-9-24-27)20(29)25-10-4-7-21(14-25)8-5-19(28)26(15-21)13-17-12-22-16(2)11-23-17/h6,9,11-12H,3-5,7-8,10,13-15H2,1-2H3/t21-/m0/s1. The highest BCUT2D eigenvalue weighted by Crippen LogP contribution is 2.39. The van der Waals surface area contributed by atoms with Gasteiger partial charge in [-0.3, -0.25) is 24.2 Å². The van der Waals surface area contributed by atoms with Crippen molar-refractivity contribution in [3.63, 3.8) is 0 Å². The molecule has 0 aliphatic carbocycles. The van der Waals surface area contributed by atoms with Crippen molar-refractivity contribution < 1.29 is 9.59 Å². The van der Waals surface area contributed by atoms with Crippen LogP contribution in [0.1, 0.15) is 54.5 Å². The number of amides is 2. The molecule has 2 amide bonds. The van der Waals surface area contributed by atoms with Gasteiger partial charge in [0.05, 0.1) is 24.1 Å². The Morgan fingerprint density at radius 3 is 2.83 bits per heavy atom. The molecule has 29 heavy (non-hydrogen) atoms. The van der Waals surface area contributed by atoms with Crippen LogP contribution < -0.4 is 0 Å². The van der Waals surface area contributed by atoms with Gasteiger partial charge in [0.1, 0.15) is 5.69 Å². The van der Waals surface area contributed by atoms with E-state index >= 15 is 0 Å². The Morgan fingerprint density at radius 1 is 1.21 bits per heavy atom. The van der Waals surface area contributed by atoms with Crippen molar-refractivity contribution in [2.45, 2.75) is 52.6 Å². The summed E-state index contributed by atoms with van der Waals surface area (Å²) in [6, 6.07) is 1.79. The fraction of sp³-hybridized carbons (Fsp3) is 0.571. The molecule has 2 aliphatic rings. The van der Waals surface area contributed by atoms with Crippen molar-refractivity contribution in [1.29, 1.82) is 0 Å². The maximum Gasteiger partial charge on any atom is 0.272 e. The minimum Gasteiger partial charge on any atom is -0.337 e. The van der Waals surface area contributed by atoms with Gasteiger partial charge < -0.3 is 9.80 Å². The predicted molar refractivity (Wildman–Crippen MR) is 107 cm³/mol. The van der Waals surface area contributed by atoms with E-state index in [4.69, 9.17) is 0 Å². The van der Waals surface area contributed by atoms with E-state index in [1.165, 1.54) is 0 Å². The number of aromatic nitrogens is 4. The molecule has 0 saturated carbocycles. The second kappa shape index (κ2) is 7.93. The number of aryl methyl sites for hydroxylation is 2. The van der Waals surface area contributed by atoms with Crippen molar-refractivity contribution in [3.05, 3.63) is 41.7 Å². The van der Waals surface area contributed by atoms with Crippen LogP contribution in [0.5, 0.6) is 0 Å². The van der Waals surface area contributed by atoms with E-state index in [-0.39, 0.29) is 17.2 Å². The summed E-state index contributed by atoms with van der Waals surface area (Å²) < 4.78 is 1.75. The maximum absolute atomic E-state index is 13.1. The van der Waals surface area contributed by atoms with Gasteiger partial charge in [0.25, 0.3) is 5.91 Å². The Labute approximate surface area is 170 Å². The van der Waals surface area contributed by atoms with Crippen LogP contribution in [0.3, 0.4) is 0 Å². The lowest BCUT2D eigenvalue weighted by Crippen LogP contribution is -2.55. The molecular formula is C21H28N6O2. The molecule has 1 atom stereocenters. The minimum absolute atomic E-state index is 0.0382. The van der Waals surface area contributed by atoms with E-state index in [1.807, 2.05) is 23.6 Å². The minimum atomic E-state index is -0.0446. The Morgan fingerprint density at radius 2 is 2.07 bits per heavy atom. The van der Waals surface area contributed by atoms with E-state index in [9.17, 15) is 9.59 Å². The molecule has 2 saturated heterocycles. The molecule has 8 heteroatoms. The van der Waals surface area contributed by atoms with Crippen molar-refractivity contribution in [1.82, 2.24) is 29.5 Å². The maximum atomic E-state index is 13.1. The molecule has 4 rings (SSSR count). The average molecular weight is 396 g/mol. The molecule has 8 nitrogen and oxygen atoms in total. The van der Waals surface area contributed by atoms with Gasteiger partial charge in [-0.05, 0) is 39.2 Å². The van der Waals surface area contributed by atoms with Crippen LogP contribution >= 0.6 is 0 Å². The summed E-state index contributed by atoms with van der Waals surface area (Å²) in [6.45, 7) is 7.14. The van der Waals surface area contributed by atoms with E-state index in [1.54, 1.807) is 29.3 Å². The lowest BCUT2D eigenvalue weighted by atomic mass is 9.73. The summed E-state index contributed by atoms with van der Waals surface area (Å²) in [7, 11) is 0. The summed E-state index contributed by atoms with van der Waals surface area (Å²) in [6.07, 6.45) is 8.50. The molecule has 2 aromatic rings. The van der Waals surface area contributed by atoms with Crippen LogP contribution in [-0.4, -0.2) is 61.0 Å². The highest BCUT2D eigenvalue weighted by molar-refractivity contribution is 5.92. The normalized spacial score (nSPS) is 22.3. The number of carbonyl (C=O) groups excluding carboxylic acids is 2. The monoisotopic (exact) mass is 396 g/mol. The third-order valence-corrected chi connectivity index (χ3v) is 6.12. The smallest absolute Gasteiger partial charge is 0.272 e. The molecule has 0 bridgehead atoms. The zero-order chi connectivity index (χ0) is 20.4. The number of carbonyl (C=O) groups is 2. The second-order valence-electron chi connectivity index (χ2n) is 8.26. The van der Waals surface area contributed by atoms with E-state index < -0.39 is 0 Å². The molecule has 154 valence electrons. The zero-order valence-electron chi connectivity index (χ0n) is 17.2. The molecule has 0 N–H and O–H groups in total. The van der Waals surface area contributed by atoms with Gasteiger partial charge in [0, 0.05) is 50.4 Å². The Kier molecular flexibility index (Phi) is 5.34. The van der Waals surface area contributed by atoms with Crippen molar-refractivity contribution in [2.75, 3.05) is 19.6 Å². The van der Waals surface area contributed by atoms with Gasteiger partial charge in [0.2, 0.25) is 5.91 Å². The molecule has 0 unspecified atom stereocenters. The lowest BCUT2D eigenvalue weighted by molar-refractivity contribution is -0.139. The quantitative estimate of drug-likeness (QED) is 0.790. The molecule has 2 aliphatic heterocycles. The molecule has 4 heterocycles. The van der Waals surface area contributed by atoms with Crippen LogP contribution in [0.25, 0.3) is 0 Å². The molecule has 1 spiro atoms. The summed E-state index contributed by atoms with van der Waals surface area (Å²) in [5.74, 6) is 0.196. The first-order valence-electron chi connectivity index (χ1n) is 10.4. The van der Waals surface area contributed by atoms with Crippen molar-refractivity contribution in [2.24, 2.45) is 5.41 Å². The molecule has 0 radical (unpaired) electrons. The van der Waals surface area contributed by atoms with Gasteiger partial charge in [-0.1, -0.05) is 0 Å². The number of nitrogens with zero attached hydrogens (tertiary/aromatic N) is 6. The summed E-state index contributed by atoms with van der Waals surface area (Å²) in [5.41, 5.74) is 2.26. The average Bonchev–Trinajstić information content (AvgIpc) is 3.21. The van der Waals surface area contributed by atoms with E-state index in [0.717, 1.165) is 37.2 Å². The van der Waals surface area contributed by atoms with Crippen LogP contribution in [0.15, 0.2) is 24.7 Å². The number of likely N-dealkylation sites (tertiary alicyclic amines) is 2. The number of piperidine rings is 2. The van der Waals surface area contributed by atoms with Crippen molar-refractivity contribution in [3.8, 4) is 0 Å². The topological polar surface area (TPSA) is 84.2 Å². The van der Waals surface area contributed by atoms with E-state index in [0.29, 0.717) is 38.3 Å². The second-order valence-corrected chi connectivity index (χ2v) is 8.26. The SMILES string of the molecule is CCn1nccc1C(=O)N1CCC[C@]2(CCC(=O)N(Cc3cnc(C)cn3)C2)C1. The van der Waals surface area contributed by atoms with Crippen LogP contribution in [0.4, 0.5) is 0 Å². The van der Waals surface area contributed by atoms with Gasteiger partial charge >= 0.3 is 0 Å². The van der Waals surface area contributed by atoms with Gasteiger partial charge in [-0.2, -0.15) is 5.10 Å². The largest absolute Gasteiger partial charge is 0.337 e. The Hall–Kier alpha value is -2.77. The van der Waals surface area contributed by atoms with Crippen LogP contribution in [0.2, 0.25) is 0 Å². The summed E-state index contributed by atoms with van der Waals surface area (Å²) >= 11 is 0. The summed E-state index contributed by atoms with van der Waals surface area (Å²) in [4.78, 5) is 38.2. The lowest BCUT2D eigenvalue weighted by Gasteiger charge is -2.48. The fourth-order valence-corrected chi connectivity index (χ4v) is 4.59. The first-order chi connectivity index (χ1) is 14.0. The van der Waals surface area contributed by atoms with Gasteiger partial charge in [-0.25, -0.2) is 0 Å². The molecule has 0 aromatic carbocycles. The van der Waals surface area contributed by atoms with Gasteiger partial charge in [-0.15, -0.1) is 0 Å². The number of rotatable bonds is 4.